The van der Waals surface area contributed by atoms with Crippen LogP contribution in [0, 0.1) is 13.8 Å². The summed E-state index contributed by atoms with van der Waals surface area (Å²) < 4.78 is 13.3. The molecule has 10 heteroatoms. The van der Waals surface area contributed by atoms with Crippen molar-refractivity contribution in [2.24, 2.45) is 0 Å². The van der Waals surface area contributed by atoms with Crippen LogP contribution in [0.2, 0.25) is 0 Å². The van der Waals surface area contributed by atoms with Crippen LogP contribution >= 0.6 is 0 Å². The van der Waals surface area contributed by atoms with E-state index in [2.05, 4.69) is 15.6 Å². The van der Waals surface area contributed by atoms with Gasteiger partial charge in [-0.15, -0.1) is 0 Å². The zero-order valence-corrected chi connectivity index (χ0v) is 23.4. The zero-order valence-electron chi connectivity index (χ0n) is 23.4. The van der Waals surface area contributed by atoms with E-state index in [0.717, 1.165) is 41.1 Å². The van der Waals surface area contributed by atoms with Crippen molar-refractivity contribution in [2.45, 2.75) is 33.6 Å². The molecule has 0 bridgehead atoms. The highest BCUT2D eigenvalue weighted by molar-refractivity contribution is 6.26. The van der Waals surface area contributed by atoms with Crippen LogP contribution in [-0.4, -0.2) is 45.3 Å². The zero-order chi connectivity index (χ0) is 29.5. The smallest absolute Gasteiger partial charge is 0.338 e. The minimum Gasteiger partial charge on any atom is -0.462 e. The van der Waals surface area contributed by atoms with Crippen molar-refractivity contribution in [3.8, 4) is 0 Å². The minimum atomic E-state index is -0.636. The van der Waals surface area contributed by atoms with Gasteiger partial charge in [-0.1, -0.05) is 36.4 Å². The van der Waals surface area contributed by atoms with Gasteiger partial charge in [-0.05, 0) is 56.5 Å². The van der Waals surface area contributed by atoms with E-state index in [1.165, 1.54) is 34.8 Å². The summed E-state index contributed by atoms with van der Waals surface area (Å²) in [6.45, 7) is 4.77. The molecule has 0 saturated carbocycles. The lowest BCUT2D eigenvalue weighted by atomic mass is 9.96. The van der Waals surface area contributed by atoms with Gasteiger partial charge in [-0.2, -0.15) is 4.68 Å². The second-order valence-electron chi connectivity index (χ2n) is 10.2. The Kier molecular flexibility index (Phi) is 6.82. The van der Waals surface area contributed by atoms with Crippen LogP contribution in [0.4, 0.5) is 0 Å². The summed E-state index contributed by atoms with van der Waals surface area (Å²) in [4.78, 5) is 56.2. The fraction of sp³-hybridized carbons (Fsp3) is 0.219. The average Bonchev–Trinajstić information content (AvgIpc) is 3.25. The van der Waals surface area contributed by atoms with Crippen molar-refractivity contribution in [3.63, 3.8) is 0 Å². The van der Waals surface area contributed by atoms with Gasteiger partial charge in [0, 0.05) is 18.2 Å². The number of fused-ring (bicyclic) bond motifs is 1. The molecular formula is C32H28N4O6. The highest BCUT2D eigenvalue weighted by atomic mass is 16.6. The van der Waals surface area contributed by atoms with Gasteiger partial charge in [-0.3, -0.25) is 14.4 Å². The molecule has 0 saturated heterocycles. The van der Waals surface area contributed by atoms with E-state index in [9.17, 15) is 19.2 Å². The Hall–Kier alpha value is -5.25. The standard InChI is InChI=1S/C32H28N4O6/c1-19-16-23-10-7-11-26-29(23)35(19)28(22-8-5-4-6-9-22)18-34(30(26)38)36-20(2)33-27-17-24(12-13-25(27)31(36)39)32(40)42-15-14-41-21(3)37/h4-6,8-9,11-13,16-18H,7,10,14-15H2,1-3H3. The molecule has 1 aliphatic carbocycles. The van der Waals surface area contributed by atoms with Crippen LogP contribution < -0.4 is 10.6 Å². The van der Waals surface area contributed by atoms with Crippen molar-refractivity contribution in [1.82, 2.24) is 14.2 Å². The number of benzene rings is 2. The number of esters is 2. The van der Waals surface area contributed by atoms with Crippen molar-refractivity contribution in [2.75, 3.05) is 18.2 Å². The van der Waals surface area contributed by atoms with Crippen molar-refractivity contribution >= 4 is 40.0 Å². The minimum absolute atomic E-state index is 0.0549. The van der Waals surface area contributed by atoms with Crippen LogP contribution in [0.1, 0.15) is 52.0 Å². The molecule has 0 radical (unpaired) electrons. The van der Waals surface area contributed by atoms with Gasteiger partial charge < -0.3 is 14.0 Å². The first-order valence-electron chi connectivity index (χ1n) is 13.6. The lowest BCUT2D eigenvalue weighted by molar-refractivity contribution is -0.142. The van der Waals surface area contributed by atoms with Crippen LogP contribution in [0.15, 0.2) is 71.7 Å². The largest absolute Gasteiger partial charge is 0.462 e. The number of amides is 1. The van der Waals surface area contributed by atoms with Crippen molar-refractivity contribution < 1.29 is 23.9 Å². The SMILES string of the molecule is CC(=O)OCCOC(=O)c1ccc2c(=O)n(N3C=C(c4ccccc4)n4c(C)cc5c4C(=CCC5)C3=O)c(C)nc2c1. The maximum atomic E-state index is 14.2. The first-order chi connectivity index (χ1) is 20.2. The summed E-state index contributed by atoms with van der Waals surface area (Å²) >= 11 is 0. The molecule has 2 aromatic heterocycles. The topological polar surface area (TPSA) is 113 Å². The molecule has 6 rings (SSSR count). The van der Waals surface area contributed by atoms with E-state index < -0.39 is 17.5 Å². The fourth-order valence-electron chi connectivity index (χ4n) is 5.55. The summed E-state index contributed by atoms with van der Waals surface area (Å²) in [6, 6.07) is 16.3. The molecule has 0 atom stereocenters. The Morgan fingerprint density at radius 1 is 0.976 bits per heavy atom. The number of rotatable bonds is 6. The fourth-order valence-corrected chi connectivity index (χ4v) is 5.55. The molecule has 3 heterocycles. The molecule has 4 aromatic rings. The van der Waals surface area contributed by atoms with Gasteiger partial charge in [0.1, 0.15) is 19.0 Å². The number of allylic oxidation sites excluding steroid dienone is 1. The summed E-state index contributed by atoms with van der Waals surface area (Å²) in [6.07, 6.45) is 5.17. The third kappa shape index (κ3) is 4.60. The van der Waals surface area contributed by atoms with E-state index in [1.54, 1.807) is 13.1 Å². The first-order valence-corrected chi connectivity index (χ1v) is 13.6. The molecule has 0 N–H and O–H groups in total. The third-order valence-corrected chi connectivity index (χ3v) is 7.36. The normalized spacial score (nSPS) is 14.2. The Bertz CT molecular complexity index is 1900. The lowest BCUT2D eigenvalue weighted by Gasteiger charge is -2.23. The molecule has 0 unspecified atom stereocenters. The highest BCUT2D eigenvalue weighted by Gasteiger charge is 2.34. The number of nitrogens with zero attached hydrogens (tertiary/aromatic N) is 4. The Balaban J connectivity index is 1.45. The summed E-state index contributed by atoms with van der Waals surface area (Å²) in [5.74, 6) is -1.17. The van der Waals surface area contributed by atoms with Crippen LogP contribution in [0.25, 0.3) is 22.2 Å². The second-order valence-corrected chi connectivity index (χ2v) is 10.2. The molecule has 212 valence electrons. The van der Waals surface area contributed by atoms with Crippen molar-refractivity contribution in [1.29, 1.82) is 0 Å². The van der Waals surface area contributed by atoms with E-state index in [1.807, 2.05) is 43.3 Å². The number of hydrogen-bond acceptors (Lipinski definition) is 7. The number of ether oxygens (including phenoxy) is 2. The molecule has 0 fully saturated rings. The molecule has 1 amide bonds. The van der Waals surface area contributed by atoms with Gasteiger partial charge in [0.25, 0.3) is 11.5 Å². The van der Waals surface area contributed by atoms with Gasteiger partial charge in [0.05, 0.1) is 39.6 Å². The Labute approximate surface area is 241 Å². The summed E-state index contributed by atoms with van der Waals surface area (Å²) in [7, 11) is 0. The summed E-state index contributed by atoms with van der Waals surface area (Å²) in [5, 5.41) is 1.58. The highest BCUT2D eigenvalue weighted by Crippen LogP contribution is 2.37. The maximum absolute atomic E-state index is 14.2. The monoisotopic (exact) mass is 564 g/mol. The van der Waals surface area contributed by atoms with Crippen LogP contribution in [0.5, 0.6) is 0 Å². The van der Waals surface area contributed by atoms with E-state index in [4.69, 9.17) is 9.47 Å². The molecule has 10 nitrogen and oxygen atoms in total. The average molecular weight is 565 g/mol. The van der Waals surface area contributed by atoms with E-state index in [-0.39, 0.29) is 35.9 Å². The molecular weight excluding hydrogens is 536 g/mol. The van der Waals surface area contributed by atoms with Gasteiger partial charge in [-0.25, -0.2) is 14.8 Å². The number of carbonyl (C=O) groups is 3. The molecule has 0 spiro atoms. The Morgan fingerprint density at radius 2 is 1.74 bits per heavy atom. The maximum Gasteiger partial charge on any atom is 0.338 e. The molecule has 42 heavy (non-hydrogen) atoms. The Morgan fingerprint density at radius 3 is 2.50 bits per heavy atom. The van der Waals surface area contributed by atoms with Gasteiger partial charge >= 0.3 is 11.9 Å². The molecule has 2 aromatic carbocycles. The predicted molar refractivity (Wildman–Crippen MR) is 156 cm³/mol. The third-order valence-electron chi connectivity index (χ3n) is 7.36. The van der Waals surface area contributed by atoms with E-state index in [0.29, 0.717) is 11.1 Å². The quantitative estimate of drug-likeness (QED) is 0.258. The molecule has 1 aliphatic heterocycles. The van der Waals surface area contributed by atoms with Crippen molar-refractivity contribution in [3.05, 3.63) is 111 Å². The number of aromatic nitrogens is 3. The number of hydrogen-bond donors (Lipinski definition) is 0. The number of aryl methyl sites for hydroxylation is 3. The summed E-state index contributed by atoms with van der Waals surface area (Å²) in [5.41, 5.74) is 5.14. The second kappa shape index (κ2) is 10.6. The van der Waals surface area contributed by atoms with E-state index >= 15 is 0 Å². The van der Waals surface area contributed by atoms with Crippen LogP contribution in [0.3, 0.4) is 0 Å². The van der Waals surface area contributed by atoms with Gasteiger partial charge in [0.15, 0.2) is 0 Å². The van der Waals surface area contributed by atoms with Gasteiger partial charge in [0.2, 0.25) is 0 Å². The lowest BCUT2D eigenvalue weighted by Crippen LogP contribution is -2.44. The first kappa shape index (κ1) is 26.9. The predicted octanol–water partition coefficient (Wildman–Crippen LogP) is 3.89. The number of carbonyl (C=O) groups excluding carboxylic acids is 3. The van der Waals surface area contributed by atoms with Crippen LogP contribution in [-0.2, 0) is 25.5 Å². The molecule has 2 aliphatic rings.